The highest BCUT2D eigenvalue weighted by Crippen LogP contribution is 2.39. The zero-order valence-corrected chi connectivity index (χ0v) is 24.5. The maximum absolute atomic E-state index is 13.3. The van der Waals surface area contributed by atoms with Crippen LogP contribution in [0.2, 0.25) is 0 Å². The van der Waals surface area contributed by atoms with Crippen LogP contribution in [-0.2, 0) is 6.18 Å². The Morgan fingerprint density at radius 3 is 2.38 bits per heavy atom. The summed E-state index contributed by atoms with van der Waals surface area (Å²) >= 11 is 0. The standard InChI is InChI=1S/C33H29F3N6O3/c1-18-21(4-3-5-25(18)40-31(44)26-11-7-20(17-38-26)33(34,35)36)22-9-10-24(30(37)43)29-28(22)23-8-6-19(16-27(23)39-29)32(45)42-14-12-41(2)13-15-42/h3-11,16-17,39H,12-15H2,1-2H3,(H2,37,43)(H,40,44). The molecule has 45 heavy (non-hydrogen) atoms. The molecule has 0 aliphatic carbocycles. The van der Waals surface area contributed by atoms with E-state index in [4.69, 9.17) is 5.73 Å². The zero-order valence-electron chi connectivity index (χ0n) is 24.5. The number of nitrogens with zero attached hydrogens (tertiary/aromatic N) is 3. The lowest BCUT2D eigenvalue weighted by Crippen LogP contribution is -2.47. The second kappa shape index (κ2) is 11.4. The third-order valence-corrected chi connectivity index (χ3v) is 8.25. The molecular weight excluding hydrogens is 585 g/mol. The van der Waals surface area contributed by atoms with Gasteiger partial charge in [-0.15, -0.1) is 0 Å². The number of primary amides is 1. The van der Waals surface area contributed by atoms with E-state index in [2.05, 4.69) is 20.2 Å². The van der Waals surface area contributed by atoms with E-state index >= 15 is 0 Å². The van der Waals surface area contributed by atoms with Gasteiger partial charge in [-0.05, 0) is 67.1 Å². The number of carbonyl (C=O) groups excluding carboxylic acids is 3. The summed E-state index contributed by atoms with van der Waals surface area (Å²) in [5, 5.41) is 4.24. The lowest BCUT2D eigenvalue weighted by atomic mass is 9.93. The predicted octanol–water partition coefficient (Wildman–Crippen LogP) is 5.45. The molecule has 3 heterocycles. The molecule has 1 aliphatic heterocycles. The molecule has 0 atom stereocenters. The van der Waals surface area contributed by atoms with Crippen molar-refractivity contribution in [1.82, 2.24) is 19.8 Å². The van der Waals surface area contributed by atoms with Crippen LogP contribution in [-0.4, -0.2) is 70.7 Å². The largest absolute Gasteiger partial charge is 0.417 e. The number of amides is 3. The Hall–Kier alpha value is -5.23. The summed E-state index contributed by atoms with van der Waals surface area (Å²) in [4.78, 5) is 49.6. The number of anilines is 1. The third kappa shape index (κ3) is 5.60. The van der Waals surface area contributed by atoms with Crippen LogP contribution in [0, 0.1) is 6.92 Å². The van der Waals surface area contributed by atoms with Gasteiger partial charge in [-0.1, -0.05) is 24.3 Å². The summed E-state index contributed by atoms with van der Waals surface area (Å²) in [7, 11) is 2.02. The zero-order chi connectivity index (χ0) is 32.0. The van der Waals surface area contributed by atoms with Gasteiger partial charge in [0.05, 0.1) is 16.6 Å². The number of alkyl halides is 3. The highest BCUT2D eigenvalue weighted by Gasteiger charge is 2.31. The van der Waals surface area contributed by atoms with Crippen LogP contribution < -0.4 is 11.1 Å². The number of nitrogens with one attached hydrogen (secondary N) is 2. The molecule has 1 aliphatic rings. The molecule has 5 aromatic rings. The van der Waals surface area contributed by atoms with Crippen LogP contribution in [0.1, 0.15) is 42.3 Å². The average Bonchev–Trinajstić information content (AvgIpc) is 3.40. The first kappa shape index (κ1) is 29.8. The van der Waals surface area contributed by atoms with Gasteiger partial charge in [-0.3, -0.25) is 19.4 Å². The van der Waals surface area contributed by atoms with Gasteiger partial charge in [-0.25, -0.2) is 0 Å². The normalized spacial score (nSPS) is 14.2. The molecule has 3 amide bonds. The van der Waals surface area contributed by atoms with Crippen LogP contribution in [0.5, 0.6) is 0 Å². The number of pyridine rings is 1. The first-order valence-electron chi connectivity index (χ1n) is 14.2. The highest BCUT2D eigenvalue weighted by molar-refractivity contribution is 6.20. The van der Waals surface area contributed by atoms with Crippen molar-refractivity contribution in [2.45, 2.75) is 13.1 Å². The molecule has 3 aromatic carbocycles. The number of carbonyl (C=O) groups is 3. The molecule has 4 N–H and O–H groups in total. The molecule has 0 spiro atoms. The number of piperazine rings is 1. The fourth-order valence-corrected chi connectivity index (χ4v) is 5.71. The molecule has 12 heteroatoms. The van der Waals surface area contributed by atoms with E-state index in [0.29, 0.717) is 47.1 Å². The fraction of sp³-hybridized carbons (Fsp3) is 0.212. The lowest BCUT2D eigenvalue weighted by Gasteiger charge is -2.32. The van der Waals surface area contributed by atoms with E-state index in [9.17, 15) is 27.6 Å². The summed E-state index contributed by atoms with van der Waals surface area (Å²) in [6.45, 7) is 4.67. The van der Waals surface area contributed by atoms with E-state index < -0.39 is 23.6 Å². The average molecular weight is 615 g/mol. The van der Waals surface area contributed by atoms with Crippen molar-refractivity contribution in [1.29, 1.82) is 0 Å². The number of nitrogens with two attached hydrogens (primary N) is 1. The van der Waals surface area contributed by atoms with Gasteiger partial charge in [0.1, 0.15) is 5.69 Å². The van der Waals surface area contributed by atoms with Gasteiger partial charge in [0.25, 0.3) is 17.7 Å². The van der Waals surface area contributed by atoms with Crippen molar-refractivity contribution in [3.63, 3.8) is 0 Å². The number of fused-ring (bicyclic) bond motifs is 3. The van der Waals surface area contributed by atoms with Crippen LogP contribution >= 0.6 is 0 Å². The Balaban J connectivity index is 1.39. The van der Waals surface area contributed by atoms with Gasteiger partial charge in [-0.2, -0.15) is 13.2 Å². The molecule has 1 saturated heterocycles. The van der Waals surface area contributed by atoms with Gasteiger partial charge in [0.15, 0.2) is 0 Å². The van der Waals surface area contributed by atoms with Crippen LogP contribution in [0.25, 0.3) is 32.9 Å². The summed E-state index contributed by atoms with van der Waals surface area (Å²) in [5.74, 6) is -1.35. The Morgan fingerprint density at radius 2 is 1.71 bits per heavy atom. The van der Waals surface area contributed by atoms with Gasteiger partial charge in [0, 0.05) is 59.9 Å². The fourth-order valence-electron chi connectivity index (χ4n) is 5.71. The summed E-state index contributed by atoms with van der Waals surface area (Å²) in [6, 6.07) is 15.9. The van der Waals surface area contributed by atoms with Gasteiger partial charge >= 0.3 is 6.18 Å². The van der Waals surface area contributed by atoms with Crippen LogP contribution in [0.4, 0.5) is 18.9 Å². The maximum atomic E-state index is 13.3. The topological polar surface area (TPSA) is 124 Å². The van der Waals surface area contributed by atoms with Crippen molar-refractivity contribution in [2.24, 2.45) is 5.73 Å². The SMILES string of the molecule is Cc1c(NC(=O)c2ccc(C(F)(F)F)cn2)cccc1-c1ccc(C(N)=O)c2[nH]c3cc(C(=O)N4CCN(C)CC4)ccc3c12. The molecular formula is C33H29F3N6O3. The number of rotatable bonds is 5. The van der Waals surface area contributed by atoms with Crippen molar-refractivity contribution < 1.29 is 27.6 Å². The second-order valence-electron chi connectivity index (χ2n) is 11.1. The lowest BCUT2D eigenvalue weighted by molar-refractivity contribution is -0.137. The van der Waals surface area contributed by atoms with E-state index in [1.165, 1.54) is 0 Å². The summed E-state index contributed by atoms with van der Waals surface area (Å²) in [6.07, 6.45) is -3.94. The van der Waals surface area contributed by atoms with Crippen molar-refractivity contribution >= 4 is 45.2 Å². The summed E-state index contributed by atoms with van der Waals surface area (Å²) < 4.78 is 38.8. The Bertz CT molecular complexity index is 1980. The number of aromatic amines is 1. The number of aromatic nitrogens is 2. The molecule has 1 fully saturated rings. The van der Waals surface area contributed by atoms with E-state index in [0.717, 1.165) is 47.1 Å². The predicted molar refractivity (Wildman–Crippen MR) is 165 cm³/mol. The maximum Gasteiger partial charge on any atom is 0.417 e. The molecule has 9 nitrogen and oxygen atoms in total. The minimum atomic E-state index is -4.56. The van der Waals surface area contributed by atoms with E-state index in [1.807, 2.05) is 24.1 Å². The Labute approximate surface area is 255 Å². The molecule has 0 saturated carbocycles. The Kier molecular flexibility index (Phi) is 7.53. The number of H-pyrrole nitrogens is 1. The summed E-state index contributed by atoms with van der Waals surface area (Å²) in [5.41, 5.74) is 9.22. The van der Waals surface area contributed by atoms with Crippen molar-refractivity contribution in [3.8, 4) is 11.1 Å². The van der Waals surface area contributed by atoms with Gasteiger partial charge in [0.2, 0.25) is 0 Å². The molecule has 0 bridgehead atoms. The molecule has 0 unspecified atom stereocenters. The Morgan fingerprint density at radius 1 is 0.956 bits per heavy atom. The monoisotopic (exact) mass is 614 g/mol. The third-order valence-electron chi connectivity index (χ3n) is 8.25. The number of likely N-dealkylation sites (N-methyl/N-ethyl adjacent to an activating group) is 1. The van der Waals surface area contributed by atoms with Crippen molar-refractivity contribution in [2.75, 3.05) is 38.5 Å². The smallest absolute Gasteiger partial charge is 0.366 e. The number of benzene rings is 3. The van der Waals surface area contributed by atoms with Crippen LogP contribution in [0.15, 0.2) is 66.9 Å². The first-order valence-corrected chi connectivity index (χ1v) is 14.2. The first-order chi connectivity index (χ1) is 21.4. The van der Waals surface area contributed by atoms with Crippen molar-refractivity contribution in [3.05, 3.63) is 94.8 Å². The van der Waals surface area contributed by atoms with Gasteiger partial charge < -0.3 is 25.8 Å². The minimum absolute atomic E-state index is 0.0687. The molecule has 2 aromatic heterocycles. The van der Waals surface area contributed by atoms with Crippen LogP contribution in [0.3, 0.4) is 0 Å². The number of hydrogen-bond acceptors (Lipinski definition) is 5. The molecule has 230 valence electrons. The van der Waals surface area contributed by atoms with E-state index in [1.54, 1.807) is 43.3 Å². The highest BCUT2D eigenvalue weighted by atomic mass is 19.4. The van der Waals surface area contributed by atoms with E-state index in [-0.39, 0.29) is 17.2 Å². The second-order valence-corrected chi connectivity index (χ2v) is 11.1. The number of halogens is 3. The minimum Gasteiger partial charge on any atom is -0.366 e. The quantitative estimate of drug-likeness (QED) is 0.243. The molecule has 0 radical (unpaired) electrons. The molecule has 6 rings (SSSR count). The number of hydrogen-bond donors (Lipinski definition) is 3.